The van der Waals surface area contributed by atoms with Crippen LogP contribution in [0.1, 0.15) is 152 Å². The molecule has 1 saturated heterocycles. The maximum absolute atomic E-state index is 10.7. The molecule has 3 aromatic rings. The molecule has 0 bridgehead atoms. The number of fused-ring (bicyclic) bond motifs is 1. The van der Waals surface area contributed by atoms with Crippen molar-refractivity contribution < 1.29 is 34.0 Å². The number of hydrogen-bond acceptors (Lipinski definition) is 12. The zero-order valence-corrected chi connectivity index (χ0v) is 35.0. The van der Waals surface area contributed by atoms with E-state index in [1.54, 1.807) is 34.8 Å². The monoisotopic (exact) mass is 818 g/mol. The first-order valence-electron chi connectivity index (χ1n) is 20.1. The first-order chi connectivity index (χ1) is 27.3. The smallest absolute Gasteiger partial charge is 0.329 e. The molecule has 1 aliphatic rings. The third-order valence-corrected chi connectivity index (χ3v) is 10.7. The molecule has 4 unspecified atom stereocenters. The van der Waals surface area contributed by atoms with E-state index in [9.17, 15) is 15.3 Å². The summed E-state index contributed by atoms with van der Waals surface area (Å²) in [5, 5.41) is 49.4. The number of aliphatic hydroxyl groups is 3. The summed E-state index contributed by atoms with van der Waals surface area (Å²) in [5.74, 6) is 0.326. The van der Waals surface area contributed by atoms with E-state index < -0.39 is 26.4 Å². The van der Waals surface area contributed by atoms with E-state index >= 15 is 0 Å². The van der Waals surface area contributed by atoms with Crippen molar-refractivity contribution in [3.05, 3.63) is 58.5 Å². The second kappa shape index (κ2) is 29.3. The van der Waals surface area contributed by atoms with Gasteiger partial charge in [-0.05, 0) is 42.3 Å². The number of nitrogen functional groups attached to an aromatic ring is 1. The number of unbranched alkanes of at least 4 members (excludes halogenated alkanes) is 17. The Kier molecular flexibility index (Phi) is 25.7. The molecule has 56 heavy (non-hydrogen) atoms. The minimum atomic E-state index is -2.17. The van der Waals surface area contributed by atoms with Gasteiger partial charge < -0.3 is 39.7 Å². The van der Waals surface area contributed by atoms with Crippen LogP contribution in [-0.2, 0) is 20.4 Å². The second-order valence-electron chi connectivity index (χ2n) is 14.0. The summed E-state index contributed by atoms with van der Waals surface area (Å²) in [4.78, 5) is 14.2. The first-order valence-corrected chi connectivity index (χ1v) is 21.6. The fraction of sp³-hybridized carbons (Fsp3) is 0.659. The molecule has 1 aliphatic heterocycles. The predicted octanol–water partition coefficient (Wildman–Crippen LogP) is 9.00. The summed E-state index contributed by atoms with van der Waals surface area (Å²) in [7, 11) is -1.17. The number of aliphatic hydroxyl groups excluding tert-OH is 3. The van der Waals surface area contributed by atoms with Crippen molar-refractivity contribution in [3.8, 4) is 12.1 Å². The molecule has 1 aromatic carbocycles. The van der Waals surface area contributed by atoms with Gasteiger partial charge in [0.05, 0.1) is 30.5 Å². The van der Waals surface area contributed by atoms with Crippen LogP contribution in [-0.4, -0.2) is 66.8 Å². The van der Waals surface area contributed by atoms with Crippen molar-refractivity contribution in [3.63, 3.8) is 0 Å². The average molecular weight is 819 g/mol. The van der Waals surface area contributed by atoms with Gasteiger partial charge in [-0.15, -0.1) is 0 Å². The van der Waals surface area contributed by atoms with Crippen LogP contribution in [0.25, 0.3) is 5.52 Å². The van der Waals surface area contributed by atoms with Crippen LogP contribution in [0, 0.1) is 22.7 Å². The lowest BCUT2D eigenvalue weighted by atomic mass is 9.99. The number of nitrogens with zero attached hydrogens (tertiary/aromatic N) is 5. The van der Waals surface area contributed by atoms with Gasteiger partial charge in [-0.1, -0.05) is 128 Å². The number of nitriles is 2. The highest BCUT2D eigenvalue weighted by Gasteiger charge is 2.50. The van der Waals surface area contributed by atoms with Gasteiger partial charge in [-0.2, -0.15) is 15.6 Å². The lowest BCUT2D eigenvalue weighted by Gasteiger charge is -2.25. The van der Waals surface area contributed by atoms with Crippen LogP contribution in [0.15, 0.2) is 36.7 Å². The Balaban J connectivity index is 0.000000708. The van der Waals surface area contributed by atoms with Gasteiger partial charge in [0.25, 0.3) is 0 Å². The molecule has 0 aliphatic carbocycles. The number of anilines is 1. The van der Waals surface area contributed by atoms with Crippen molar-refractivity contribution in [2.75, 3.05) is 26.1 Å². The fourth-order valence-corrected chi connectivity index (χ4v) is 7.50. The van der Waals surface area contributed by atoms with Crippen molar-refractivity contribution >= 4 is 31.5 Å². The van der Waals surface area contributed by atoms with Gasteiger partial charge >= 0.3 is 8.60 Å². The standard InChI is InChI=1S/C32H54N5O5P.C8H6ClNO.CH4O/c1-2-3-4-5-6-7-8-9-10-11-12-13-14-15-16-17-18-19-22-40-43(39)41-25-32(24-33)30(38)23-29(42-32)27-20-21-28-31(34)35-26-36-37(27)28;9-8-2-6(4-10)1-7(3-8)5-11;1-2/h20-21,26,29-30,38-39H,2-19,22-23,25H2,1H3,(H2,34,35,36);1-3,11H,5H2;2H,1H3. The summed E-state index contributed by atoms with van der Waals surface area (Å²) in [5.41, 5.74) is 6.69. The Morgan fingerprint density at radius 1 is 0.911 bits per heavy atom. The summed E-state index contributed by atoms with van der Waals surface area (Å²) in [6.45, 7) is 2.28. The van der Waals surface area contributed by atoms with E-state index in [1.807, 2.05) is 12.1 Å². The van der Waals surface area contributed by atoms with Gasteiger partial charge in [-0.25, -0.2) is 9.50 Å². The summed E-state index contributed by atoms with van der Waals surface area (Å²) in [6.07, 6.45) is 23.4. The van der Waals surface area contributed by atoms with Crippen molar-refractivity contribution in [1.82, 2.24) is 14.6 Å². The number of nitrogens with two attached hydrogens (primary N) is 1. The molecule has 15 heteroatoms. The molecule has 3 heterocycles. The molecule has 1 fully saturated rings. The predicted molar refractivity (Wildman–Crippen MR) is 220 cm³/mol. The first kappa shape index (κ1) is 49.2. The van der Waals surface area contributed by atoms with Crippen LogP contribution >= 0.6 is 20.2 Å². The van der Waals surface area contributed by atoms with Crippen LogP contribution in [0.4, 0.5) is 5.82 Å². The molecule has 0 spiro atoms. The molecular formula is C41H64ClN6O7P. The average Bonchev–Trinajstić information content (AvgIpc) is 3.80. The van der Waals surface area contributed by atoms with Gasteiger partial charge in [0.1, 0.15) is 36.7 Å². The summed E-state index contributed by atoms with van der Waals surface area (Å²) >= 11 is 5.65. The van der Waals surface area contributed by atoms with Crippen molar-refractivity contribution in [1.29, 1.82) is 10.5 Å². The number of aromatic nitrogens is 3. The molecule has 0 radical (unpaired) electrons. The molecule has 4 rings (SSSR count). The highest BCUT2D eigenvalue weighted by atomic mass is 35.5. The maximum Gasteiger partial charge on any atom is 0.329 e. The third kappa shape index (κ3) is 17.7. The third-order valence-electron chi connectivity index (χ3n) is 9.72. The number of hydrogen-bond donors (Lipinski definition) is 5. The molecule has 2 aromatic heterocycles. The highest BCUT2D eigenvalue weighted by molar-refractivity contribution is 7.40. The fourth-order valence-electron chi connectivity index (χ4n) is 6.58. The van der Waals surface area contributed by atoms with E-state index in [-0.39, 0.29) is 19.6 Å². The van der Waals surface area contributed by atoms with Gasteiger partial charge in [0, 0.05) is 18.6 Å². The zero-order chi connectivity index (χ0) is 41.0. The molecule has 0 saturated carbocycles. The Labute approximate surface area is 339 Å². The molecule has 312 valence electrons. The quantitative estimate of drug-likeness (QED) is 0.0400. The molecular weight excluding hydrogens is 755 g/mol. The summed E-state index contributed by atoms with van der Waals surface area (Å²) in [6, 6.07) is 12.3. The zero-order valence-electron chi connectivity index (χ0n) is 33.3. The van der Waals surface area contributed by atoms with Crippen LogP contribution in [0.2, 0.25) is 5.02 Å². The maximum atomic E-state index is 10.7. The van der Waals surface area contributed by atoms with E-state index in [0.717, 1.165) is 26.4 Å². The lowest BCUT2D eigenvalue weighted by Crippen LogP contribution is -2.42. The lowest BCUT2D eigenvalue weighted by molar-refractivity contribution is -0.0714. The number of benzene rings is 1. The van der Waals surface area contributed by atoms with Gasteiger partial charge in [0.15, 0.2) is 5.82 Å². The largest absolute Gasteiger partial charge is 0.400 e. The van der Waals surface area contributed by atoms with E-state index in [0.29, 0.717) is 39.8 Å². The topological polar surface area (TPSA) is 212 Å². The summed E-state index contributed by atoms with van der Waals surface area (Å²) < 4.78 is 18.5. The van der Waals surface area contributed by atoms with Crippen LogP contribution in [0.3, 0.4) is 0 Å². The molecule has 4 atom stereocenters. The highest BCUT2D eigenvalue weighted by Crippen LogP contribution is 2.43. The Morgan fingerprint density at radius 3 is 2.02 bits per heavy atom. The minimum Gasteiger partial charge on any atom is -0.400 e. The normalized spacial score (nSPS) is 18.0. The number of ether oxygens (including phenoxy) is 1. The Bertz CT molecular complexity index is 1590. The van der Waals surface area contributed by atoms with E-state index in [2.05, 4.69) is 17.0 Å². The number of rotatable bonds is 25. The van der Waals surface area contributed by atoms with Crippen LogP contribution < -0.4 is 5.73 Å². The second-order valence-corrected chi connectivity index (χ2v) is 15.5. The number of halogens is 1. The van der Waals surface area contributed by atoms with Crippen molar-refractivity contribution in [2.45, 2.75) is 153 Å². The van der Waals surface area contributed by atoms with Crippen LogP contribution in [0.5, 0.6) is 0 Å². The van der Waals surface area contributed by atoms with E-state index in [1.165, 1.54) is 103 Å². The van der Waals surface area contributed by atoms with Gasteiger partial charge in [-0.3, -0.25) is 0 Å². The molecule has 0 amide bonds. The molecule has 6 N–H and O–H groups in total. The SMILES string of the molecule is CCCCCCCCCCCCCCCCCCCCOP(O)OCC1(C#N)OC(c2ccc3c(N)ncnn23)CC1O.CO.N#Cc1cc(Cl)cc(CO)c1. The van der Waals surface area contributed by atoms with Gasteiger partial charge in [0.2, 0.25) is 5.60 Å². The Hall–Kier alpha value is -2.94. The molecule has 13 nitrogen and oxygen atoms in total. The van der Waals surface area contributed by atoms with Crippen molar-refractivity contribution in [2.24, 2.45) is 0 Å². The Morgan fingerprint density at radius 2 is 1.48 bits per heavy atom. The van der Waals surface area contributed by atoms with E-state index in [4.69, 9.17) is 46.6 Å². The minimum absolute atomic E-state index is 0.0881.